The third-order valence-corrected chi connectivity index (χ3v) is 11.2. The zero-order valence-electron chi connectivity index (χ0n) is 28.7. The monoisotopic (exact) mass is 703 g/mol. The Morgan fingerprint density at radius 1 is 0.647 bits per heavy atom. The average molecular weight is 704 g/mol. The first kappa shape index (κ1) is 35.2. The van der Waals surface area contributed by atoms with Gasteiger partial charge in [0.25, 0.3) is 0 Å². The number of benzene rings is 5. The van der Waals surface area contributed by atoms with Crippen molar-refractivity contribution in [1.82, 2.24) is 14.5 Å². The molecule has 2 saturated heterocycles. The molecule has 5 aromatic carbocycles. The Bertz CT molecular complexity index is 1950. The molecular weight excluding hydrogens is 659 g/mol. The summed E-state index contributed by atoms with van der Waals surface area (Å²) >= 11 is 0. The number of ether oxygens (including phenoxy) is 2. The molecule has 2 aliphatic heterocycles. The van der Waals surface area contributed by atoms with Gasteiger partial charge in [-0.25, -0.2) is 13.1 Å². The Kier molecular flexibility index (Phi) is 11.4. The van der Waals surface area contributed by atoms with Crippen LogP contribution in [0.2, 0.25) is 0 Å². The molecule has 264 valence electrons. The van der Waals surface area contributed by atoms with Crippen LogP contribution >= 0.6 is 0 Å². The van der Waals surface area contributed by atoms with Crippen LogP contribution in [0.25, 0.3) is 11.1 Å². The van der Waals surface area contributed by atoms with Crippen molar-refractivity contribution in [2.45, 2.75) is 49.5 Å². The van der Waals surface area contributed by atoms with Crippen molar-refractivity contribution in [2.75, 3.05) is 32.7 Å². The number of nitrogens with one attached hydrogen (secondary N) is 1. The maximum absolute atomic E-state index is 12.8. The fourth-order valence-electron chi connectivity index (χ4n) is 6.85. The van der Waals surface area contributed by atoms with Gasteiger partial charge in [-0.1, -0.05) is 115 Å². The van der Waals surface area contributed by atoms with E-state index in [1.165, 1.54) is 5.56 Å². The van der Waals surface area contributed by atoms with Gasteiger partial charge < -0.3 is 14.6 Å². The van der Waals surface area contributed by atoms with Gasteiger partial charge in [0.1, 0.15) is 0 Å². The molecule has 3 atom stereocenters. The Hall–Kier alpha value is -4.19. The van der Waals surface area contributed by atoms with E-state index in [-0.39, 0.29) is 30.3 Å². The van der Waals surface area contributed by atoms with Gasteiger partial charge in [-0.15, -0.1) is 0 Å². The van der Waals surface area contributed by atoms with E-state index < -0.39 is 16.3 Å². The molecule has 9 heteroatoms. The van der Waals surface area contributed by atoms with Crippen molar-refractivity contribution in [3.05, 3.63) is 161 Å². The van der Waals surface area contributed by atoms with E-state index in [1.807, 2.05) is 48.5 Å². The summed E-state index contributed by atoms with van der Waals surface area (Å²) in [4.78, 5) is 5.28. The van der Waals surface area contributed by atoms with E-state index in [9.17, 15) is 13.5 Å². The maximum Gasteiger partial charge on any atom is 0.240 e. The van der Waals surface area contributed by atoms with E-state index in [4.69, 9.17) is 9.47 Å². The quantitative estimate of drug-likeness (QED) is 0.150. The molecule has 0 spiro atoms. The lowest BCUT2D eigenvalue weighted by Crippen LogP contribution is -2.49. The molecule has 3 unspecified atom stereocenters. The molecule has 51 heavy (non-hydrogen) atoms. The molecule has 2 aliphatic rings. The molecule has 0 radical (unpaired) electrons. The minimum absolute atomic E-state index is 0.00890. The topological polar surface area (TPSA) is 91.3 Å². The highest BCUT2D eigenvalue weighted by Crippen LogP contribution is 2.39. The van der Waals surface area contributed by atoms with Crippen LogP contribution in [0.5, 0.6) is 0 Å². The molecule has 0 saturated carbocycles. The van der Waals surface area contributed by atoms with Gasteiger partial charge in [0.2, 0.25) is 10.0 Å². The lowest BCUT2D eigenvalue weighted by Gasteiger charge is -2.40. The lowest BCUT2D eigenvalue weighted by atomic mass is 9.99. The number of hydrogen-bond acceptors (Lipinski definition) is 7. The van der Waals surface area contributed by atoms with Gasteiger partial charge >= 0.3 is 0 Å². The second-order valence-corrected chi connectivity index (χ2v) is 15.1. The fourth-order valence-corrected chi connectivity index (χ4v) is 7.89. The van der Waals surface area contributed by atoms with Crippen LogP contribution in [0.4, 0.5) is 0 Å². The maximum atomic E-state index is 12.8. The molecule has 0 bridgehead atoms. The predicted octanol–water partition coefficient (Wildman–Crippen LogP) is 6.69. The third-order valence-electron chi connectivity index (χ3n) is 9.75. The molecule has 2 heterocycles. The van der Waals surface area contributed by atoms with Crippen LogP contribution in [0.3, 0.4) is 0 Å². The van der Waals surface area contributed by atoms with Crippen LogP contribution in [-0.2, 0) is 39.2 Å². The van der Waals surface area contributed by atoms with Gasteiger partial charge in [0, 0.05) is 57.8 Å². The largest absolute Gasteiger partial charge is 0.392 e. The van der Waals surface area contributed by atoms with E-state index in [2.05, 4.69) is 69.1 Å². The van der Waals surface area contributed by atoms with Crippen molar-refractivity contribution in [3.8, 4) is 11.1 Å². The van der Waals surface area contributed by atoms with Crippen LogP contribution in [0.1, 0.15) is 46.6 Å². The molecule has 0 aliphatic carbocycles. The summed E-state index contributed by atoms with van der Waals surface area (Å²) in [6, 6.07) is 43.2. The first-order valence-electron chi connectivity index (χ1n) is 17.6. The van der Waals surface area contributed by atoms with Gasteiger partial charge in [-0.3, -0.25) is 9.80 Å². The molecular formula is C42H45N3O5S. The second kappa shape index (κ2) is 16.4. The molecule has 0 aromatic heterocycles. The second-order valence-electron chi connectivity index (χ2n) is 13.4. The number of aliphatic hydroxyl groups excluding tert-OH is 1. The third kappa shape index (κ3) is 9.19. The molecule has 2 fully saturated rings. The normalized spacial score (nSPS) is 20.3. The summed E-state index contributed by atoms with van der Waals surface area (Å²) in [7, 11) is -3.60. The highest BCUT2D eigenvalue weighted by atomic mass is 32.2. The van der Waals surface area contributed by atoms with Crippen molar-refractivity contribution in [1.29, 1.82) is 0 Å². The molecule has 2 N–H and O–H groups in total. The summed E-state index contributed by atoms with van der Waals surface area (Å²) in [6.45, 7) is 6.05. The number of aliphatic hydroxyl groups is 1. The van der Waals surface area contributed by atoms with E-state index in [1.54, 1.807) is 30.3 Å². The number of piperazine rings is 1. The van der Waals surface area contributed by atoms with Gasteiger partial charge in [-0.05, 0) is 51.6 Å². The average Bonchev–Trinajstić information content (AvgIpc) is 3.19. The standard InChI is InChI=1S/C42H45N3O5S/c46-31-33-14-16-36(17-15-33)41-27-39(30-45-24-22-44(23-25-45)29-32-8-3-1-4-9-32)49-42(50-41)37-20-18-35(19-21-37)38-11-7-10-34(26-38)28-43-51(47,48)40-12-5-2-6-13-40/h1-21,26,39,41-43,46H,22-25,27-31H2. The van der Waals surface area contributed by atoms with Crippen molar-refractivity contribution < 1.29 is 23.0 Å². The van der Waals surface area contributed by atoms with Crippen LogP contribution in [-0.4, -0.2) is 62.2 Å². The Morgan fingerprint density at radius 3 is 2.00 bits per heavy atom. The Morgan fingerprint density at radius 2 is 1.29 bits per heavy atom. The Balaban J connectivity index is 1.02. The molecule has 7 rings (SSSR count). The van der Waals surface area contributed by atoms with E-state index in [0.717, 1.165) is 79.1 Å². The van der Waals surface area contributed by atoms with Crippen molar-refractivity contribution in [3.63, 3.8) is 0 Å². The number of sulfonamides is 1. The smallest absolute Gasteiger partial charge is 0.240 e. The fraction of sp³-hybridized carbons (Fsp3) is 0.286. The van der Waals surface area contributed by atoms with Crippen molar-refractivity contribution >= 4 is 10.0 Å². The lowest BCUT2D eigenvalue weighted by molar-refractivity contribution is -0.253. The van der Waals surface area contributed by atoms with Gasteiger partial charge in [-0.2, -0.15) is 0 Å². The highest BCUT2D eigenvalue weighted by Gasteiger charge is 2.34. The summed E-state index contributed by atoms with van der Waals surface area (Å²) in [6.07, 6.45) is 0.0660. The molecule has 5 aromatic rings. The summed E-state index contributed by atoms with van der Waals surface area (Å²) < 4.78 is 41.5. The first-order chi connectivity index (χ1) is 24.9. The minimum Gasteiger partial charge on any atom is -0.392 e. The van der Waals surface area contributed by atoms with Crippen LogP contribution in [0.15, 0.2) is 138 Å². The number of rotatable bonds is 12. The summed E-state index contributed by atoms with van der Waals surface area (Å²) in [5.74, 6) is 0. The number of nitrogens with zero attached hydrogens (tertiary/aromatic N) is 2. The van der Waals surface area contributed by atoms with Gasteiger partial charge in [0.05, 0.1) is 23.7 Å². The number of hydrogen-bond donors (Lipinski definition) is 2. The van der Waals surface area contributed by atoms with Crippen LogP contribution < -0.4 is 4.72 Å². The SMILES string of the molecule is O=S(=O)(NCc1cccc(-c2ccc(C3OC(CN4CCN(Cc5ccccc5)CC4)CC(c4ccc(CO)cc4)O3)cc2)c1)c1ccccc1. The first-order valence-corrected chi connectivity index (χ1v) is 19.1. The van der Waals surface area contributed by atoms with Crippen molar-refractivity contribution in [2.24, 2.45) is 0 Å². The van der Waals surface area contributed by atoms with Crippen LogP contribution in [0, 0.1) is 0 Å². The molecule has 0 amide bonds. The van der Waals surface area contributed by atoms with E-state index in [0.29, 0.717) is 0 Å². The minimum atomic E-state index is -3.60. The predicted molar refractivity (Wildman–Crippen MR) is 199 cm³/mol. The molecule has 8 nitrogen and oxygen atoms in total. The van der Waals surface area contributed by atoms with Gasteiger partial charge in [0.15, 0.2) is 6.29 Å². The Labute approximate surface area is 301 Å². The highest BCUT2D eigenvalue weighted by molar-refractivity contribution is 7.89. The zero-order chi connectivity index (χ0) is 35.0. The summed E-state index contributed by atoms with van der Waals surface area (Å²) in [5, 5.41) is 9.59. The summed E-state index contributed by atoms with van der Waals surface area (Å²) in [5.41, 5.74) is 7.13. The zero-order valence-corrected chi connectivity index (χ0v) is 29.5. The van der Waals surface area contributed by atoms with E-state index >= 15 is 0 Å².